The third-order valence-electron chi connectivity index (χ3n) is 3.84. The molecular weight excluding hydrogens is 258 g/mol. The minimum absolute atomic E-state index is 0.842. The van der Waals surface area contributed by atoms with Gasteiger partial charge in [-0.2, -0.15) is 0 Å². The predicted molar refractivity (Wildman–Crippen MR) is 92.0 cm³/mol. The third-order valence-corrected chi connectivity index (χ3v) is 3.84. The second-order valence-corrected chi connectivity index (χ2v) is 5.96. The summed E-state index contributed by atoms with van der Waals surface area (Å²) < 4.78 is 5.95. The number of unbranched alkanes of at least 4 members (excludes halogenated alkanes) is 7. The highest BCUT2D eigenvalue weighted by molar-refractivity contribution is 5.36. The molecule has 0 bridgehead atoms. The van der Waals surface area contributed by atoms with Crippen LogP contribution >= 0.6 is 0 Å². The number of ether oxygens (including phenoxy) is 1. The summed E-state index contributed by atoms with van der Waals surface area (Å²) >= 11 is 0. The Balaban J connectivity index is 2.15. The normalized spacial score (nSPS) is 10.8. The van der Waals surface area contributed by atoms with Crippen LogP contribution in [0.3, 0.4) is 0 Å². The highest BCUT2D eigenvalue weighted by Crippen LogP contribution is 2.20. The Hall–Kier alpha value is -1.02. The molecule has 1 aromatic carbocycles. The smallest absolute Gasteiger partial charge is 0.123 e. The molecule has 0 radical (unpaired) electrons. The number of benzene rings is 1. The van der Waals surface area contributed by atoms with E-state index in [0.29, 0.717) is 0 Å². The van der Waals surface area contributed by atoms with Crippen molar-refractivity contribution in [2.75, 3.05) is 13.7 Å². The van der Waals surface area contributed by atoms with E-state index < -0.39 is 0 Å². The van der Waals surface area contributed by atoms with E-state index in [1.54, 1.807) is 0 Å². The maximum atomic E-state index is 5.95. The summed E-state index contributed by atoms with van der Waals surface area (Å²) in [5.41, 5.74) is 2.55. The van der Waals surface area contributed by atoms with Crippen molar-refractivity contribution in [2.45, 2.75) is 71.8 Å². The van der Waals surface area contributed by atoms with E-state index in [4.69, 9.17) is 4.74 Å². The molecule has 0 heterocycles. The molecule has 1 rings (SSSR count). The van der Waals surface area contributed by atoms with E-state index in [1.165, 1.54) is 62.5 Å². The number of aryl methyl sites for hydroxylation is 1. The molecule has 2 nitrogen and oxygen atoms in total. The van der Waals surface area contributed by atoms with Gasteiger partial charge in [0.2, 0.25) is 0 Å². The molecule has 0 aliphatic carbocycles. The molecule has 1 N–H and O–H groups in total. The lowest BCUT2D eigenvalue weighted by Crippen LogP contribution is -2.08. The van der Waals surface area contributed by atoms with Crippen molar-refractivity contribution < 1.29 is 4.74 Å². The van der Waals surface area contributed by atoms with Crippen molar-refractivity contribution in [1.82, 2.24) is 5.32 Å². The topological polar surface area (TPSA) is 21.3 Å². The maximum absolute atomic E-state index is 5.95. The number of nitrogens with one attached hydrogen (secondary N) is 1. The Bertz CT molecular complexity index is 376. The highest BCUT2D eigenvalue weighted by atomic mass is 16.5. The van der Waals surface area contributed by atoms with Crippen LogP contribution in [0.4, 0.5) is 0 Å². The quantitative estimate of drug-likeness (QED) is 0.532. The molecule has 1 aromatic rings. The van der Waals surface area contributed by atoms with Crippen molar-refractivity contribution in [1.29, 1.82) is 0 Å². The summed E-state index contributed by atoms with van der Waals surface area (Å²) in [6.45, 7) is 6.11. The lowest BCUT2D eigenvalue weighted by Gasteiger charge is -2.12. The zero-order chi connectivity index (χ0) is 15.3. The largest absolute Gasteiger partial charge is 0.493 e. The van der Waals surface area contributed by atoms with Crippen molar-refractivity contribution >= 4 is 0 Å². The van der Waals surface area contributed by atoms with Gasteiger partial charge in [0, 0.05) is 12.1 Å². The first-order valence-electron chi connectivity index (χ1n) is 8.65. The maximum Gasteiger partial charge on any atom is 0.123 e. The molecule has 120 valence electrons. The summed E-state index contributed by atoms with van der Waals surface area (Å²) in [5, 5.41) is 3.21. The monoisotopic (exact) mass is 291 g/mol. The highest BCUT2D eigenvalue weighted by Gasteiger charge is 2.03. The number of rotatable bonds is 12. The standard InChI is InChI=1S/C19H33NO/c1-4-5-6-7-8-9-10-11-14-21-19-13-12-17(2)15-18(19)16-20-3/h12-13,15,20H,4-11,14,16H2,1-3H3. The molecule has 21 heavy (non-hydrogen) atoms. The minimum atomic E-state index is 0.842. The minimum Gasteiger partial charge on any atom is -0.493 e. The second kappa shape index (κ2) is 11.6. The van der Waals surface area contributed by atoms with Gasteiger partial charge in [-0.05, 0) is 26.5 Å². The molecule has 0 atom stereocenters. The van der Waals surface area contributed by atoms with E-state index >= 15 is 0 Å². The summed E-state index contributed by atoms with van der Waals surface area (Å²) in [6, 6.07) is 6.44. The van der Waals surface area contributed by atoms with Gasteiger partial charge in [-0.25, -0.2) is 0 Å². The average molecular weight is 291 g/mol. The fraction of sp³-hybridized carbons (Fsp3) is 0.684. The molecule has 0 aliphatic rings. The van der Waals surface area contributed by atoms with Crippen LogP contribution in [0.15, 0.2) is 18.2 Å². The Kier molecular flexibility index (Phi) is 9.98. The van der Waals surface area contributed by atoms with Crippen LogP contribution in [0.2, 0.25) is 0 Å². The van der Waals surface area contributed by atoms with E-state index in [9.17, 15) is 0 Å². The SMILES string of the molecule is CCCCCCCCCCOc1ccc(C)cc1CNC. The fourth-order valence-electron chi connectivity index (χ4n) is 2.60. The molecule has 0 fully saturated rings. The van der Waals surface area contributed by atoms with Gasteiger partial charge < -0.3 is 10.1 Å². The van der Waals surface area contributed by atoms with Gasteiger partial charge in [-0.3, -0.25) is 0 Å². The lowest BCUT2D eigenvalue weighted by atomic mass is 10.1. The third kappa shape index (κ3) is 8.11. The number of hydrogen-bond acceptors (Lipinski definition) is 2. The van der Waals surface area contributed by atoms with Crippen LogP contribution in [0.5, 0.6) is 5.75 Å². The zero-order valence-electron chi connectivity index (χ0n) is 14.2. The van der Waals surface area contributed by atoms with E-state index in [-0.39, 0.29) is 0 Å². The van der Waals surface area contributed by atoms with Crippen molar-refractivity contribution in [2.24, 2.45) is 0 Å². The number of hydrogen-bond donors (Lipinski definition) is 1. The van der Waals surface area contributed by atoms with Gasteiger partial charge in [0.25, 0.3) is 0 Å². The van der Waals surface area contributed by atoms with Crippen LogP contribution in [-0.4, -0.2) is 13.7 Å². The fourth-order valence-corrected chi connectivity index (χ4v) is 2.60. The average Bonchev–Trinajstić information content (AvgIpc) is 2.48. The molecule has 0 amide bonds. The van der Waals surface area contributed by atoms with E-state index in [2.05, 4.69) is 37.4 Å². The molecule has 0 saturated carbocycles. The van der Waals surface area contributed by atoms with E-state index in [1.807, 2.05) is 7.05 Å². The lowest BCUT2D eigenvalue weighted by molar-refractivity contribution is 0.301. The van der Waals surface area contributed by atoms with Crippen molar-refractivity contribution in [3.8, 4) is 5.75 Å². The van der Waals surface area contributed by atoms with Crippen molar-refractivity contribution in [3.63, 3.8) is 0 Å². The van der Waals surface area contributed by atoms with Gasteiger partial charge in [-0.1, -0.05) is 69.6 Å². The predicted octanol–water partition coefficient (Wildman–Crippen LogP) is 5.23. The second-order valence-electron chi connectivity index (χ2n) is 5.96. The van der Waals surface area contributed by atoms with Crippen LogP contribution in [0, 0.1) is 6.92 Å². The van der Waals surface area contributed by atoms with Crippen LogP contribution < -0.4 is 10.1 Å². The van der Waals surface area contributed by atoms with Crippen LogP contribution in [-0.2, 0) is 6.54 Å². The van der Waals surface area contributed by atoms with Crippen LogP contribution in [0.25, 0.3) is 0 Å². The Morgan fingerprint density at radius 3 is 2.29 bits per heavy atom. The summed E-state index contributed by atoms with van der Waals surface area (Å²) in [5.74, 6) is 1.04. The zero-order valence-corrected chi connectivity index (χ0v) is 14.2. The summed E-state index contributed by atoms with van der Waals surface area (Å²) in [6.07, 6.45) is 10.7. The first-order chi connectivity index (χ1) is 10.3. The molecule has 2 heteroatoms. The molecular formula is C19H33NO. The molecule has 0 aromatic heterocycles. The van der Waals surface area contributed by atoms with Gasteiger partial charge in [0.15, 0.2) is 0 Å². The van der Waals surface area contributed by atoms with Crippen molar-refractivity contribution in [3.05, 3.63) is 29.3 Å². The Morgan fingerprint density at radius 1 is 0.952 bits per heavy atom. The van der Waals surface area contributed by atoms with Gasteiger partial charge in [-0.15, -0.1) is 0 Å². The van der Waals surface area contributed by atoms with Crippen LogP contribution in [0.1, 0.15) is 69.4 Å². The molecule has 0 aliphatic heterocycles. The first-order valence-corrected chi connectivity index (χ1v) is 8.65. The van der Waals surface area contributed by atoms with E-state index in [0.717, 1.165) is 18.9 Å². The van der Waals surface area contributed by atoms with Gasteiger partial charge in [0.05, 0.1) is 6.61 Å². The summed E-state index contributed by atoms with van der Waals surface area (Å²) in [7, 11) is 1.98. The summed E-state index contributed by atoms with van der Waals surface area (Å²) in [4.78, 5) is 0. The molecule has 0 unspecified atom stereocenters. The van der Waals surface area contributed by atoms with Gasteiger partial charge in [0.1, 0.15) is 5.75 Å². The Morgan fingerprint density at radius 2 is 1.62 bits per heavy atom. The Labute approximate surface area is 131 Å². The molecule has 0 spiro atoms. The first kappa shape index (κ1) is 18.0. The van der Waals surface area contributed by atoms with Gasteiger partial charge >= 0.3 is 0 Å². The molecule has 0 saturated heterocycles.